The lowest BCUT2D eigenvalue weighted by Crippen LogP contribution is -2.31. The maximum absolute atomic E-state index is 13.0. The van der Waals surface area contributed by atoms with Gasteiger partial charge >= 0.3 is 0 Å². The zero-order chi connectivity index (χ0) is 15.2. The Kier molecular flexibility index (Phi) is 5.30. The summed E-state index contributed by atoms with van der Waals surface area (Å²) in [4.78, 5) is 15.1. The molecule has 6 heteroatoms. The number of nitrogens with one attached hydrogen (secondary N) is 1. The first kappa shape index (κ1) is 15.5. The van der Waals surface area contributed by atoms with Gasteiger partial charge < -0.3 is 11.1 Å². The summed E-state index contributed by atoms with van der Waals surface area (Å²) < 4.78 is 13.0. The maximum Gasteiger partial charge on any atom is 0.238 e. The minimum Gasteiger partial charge on any atom is -0.396 e. The van der Waals surface area contributed by atoms with Crippen LogP contribution in [0.5, 0.6) is 0 Å². The van der Waals surface area contributed by atoms with Gasteiger partial charge in [-0.05, 0) is 43.1 Å². The van der Waals surface area contributed by atoms with E-state index >= 15 is 0 Å². The quantitative estimate of drug-likeness (QED) is 0.807. The number of carbonyl (C=O) groups is 1. The minimum absolute atomic E-state index is 0.0267. The summed E-state index contributed by atoms with van der Waals surface area (Å²) in [6, 6.07) is 8.26. The van der Waals surface area contributed by atoms with E-state index in [-0.39, 0.29) is 18.1 Å². The molecule has 0 aliphatic rings. The van der Waals surface area contributed by atoms with Gasteiger partial charge in [-0.25, -0.2) is 4.39 Å². The number of benzene rings is 1. The van der Waals surface area contributed by atoms with E-state index in [1.807, 2.05) is 23.4 Å². The highest BCUT2D eigenvalue weighted by molar-refractivity contribution is 7.09. The van der Waals surface area contributed by atoms with E-state index in [1.54, 1.807) is 11.3 Å². The van der Waals surface area contributed by atoms with Crippen LogP contribution >= 0.6 is 11.3 Å². The van der Waals surface area contributed by atoms with Gasteiger partial charge in [0.2, 0.25) is 5.91 Å². The van der Waals surface area contributed by atoms with Crippen LogP contribution in [0.3, 0.4) is 0 Å². The summed E-state index contributed by atoms with van der Waals surface area (Å²) in [5.74, 6) is -0.629. The molecule has 1 aromatic carbocycles. The van der Waals surface area contributed by atoms with Crippen molar-refractivity contribution >= 4 is 28.6 Å². The molecule has 2 rings (SSSR count). The van der Waals surface area contributed by atoms with Crippen LogP contribution < -0.4 is 11.1 Å². The van der Waals surface area contributed by atoms with Gasteiger partial charge in [0.15, 0.2) is 0 Å². The van der Waals surface area contributed by atoms with Gasteiger partial charge in [0, 0.05) is 17.1 Å². The predicted molar refractivity (Wildman–Crippen MR) is 85.0 cm³/mol. The first-order valence-corrected chi connectivity index (χ1v) is 7.48. The fraction of sp³-hybridized carbons (Fsp3) is 0.267. The lowest BCUT2D eigenvalue weighted by Gasteiger charge is -2.16. The molecule has 0 radical (unpaired) electrons. The van der Waals surface area contributed by atoms with Crippen LogP contribution in [0.1, 0.15) is 4.88 Å². The van der Waals surface area contributed by atoms with Gasteiger partial charge in [0.05, 0.1) is 12.2 Å². The second kappa shape index (κ2) is 7.19. The van der Waals surface area contributed by atoms with Crippen LogP contribution in [0.25, 0.3) is 0 Å². The van der Waals surface area contributed by atoms with E-state index < -0.39 is 5.82 Å². The van der Waals surface area contributed by atoms with Crippen molar-refractivity contribution in [1.29, 1.82) is 0 Å². The Morgan fingerprint density at radius 2 is 2.24 bits per heavy atom. The number of nitrogen functional groups attached to an aromatic ring is 1. The monoisotopic (exact) mass is 307 g/mol. The molecular formula is C15H18FN3OS. The van der Waals surface area contributed by atoms with Crippen LogP contribution in [-0.2, 0) is 11.2 Å². The second-order valence-corrected chi connectivity index (χ2v) is 5.88. The van der Waals surface area contributed by atoms with Crippen LogP contribution in [0.15, 0.2) is 35.7 Å². The first-order valence-electron chi connectivity index (χ1n) is 6.60. The molecule has 0 saturated heterocycles. The van der Waals surface area contributed by atoms with Gasteiger partial charge in [-0.2, -0.15) is 0 Å². The summed E-state index contributed by atoms with van der Waals surface area (Å²) in [5.41, 5.74) is 6.00. The normalized spacial score (nSPS) is 10.8. The highest BCUT2D eigenvalue weighted by Crippen LogP contribution is 2.16. The van der Waals surface area contributed by atoms with E-state index in [4.69, 9.17) is 5.73 Å². The van der Waals surface area contributed by atoms with Crippen molar-refractivity contribution < 1.29 is 9.18 Å². The third-order valence-electron chi connectivity index (χ3n) is 3.01. The summed E-state index contributed by atoms with van der Waals surface area (Å²) in [7, 11) is 1.90. The van der Waals surface area contributed by atoms with Crippen LogP contribution in [0, 0.1) is 5.82 Å². The van der Waals surface area contributed by atoms with E-state index in [9.17, 15) is 9.18 Å². The number of nitrogens with two attached hydrogens (primary N) is 1. The van der Waals surface area contributed by atoms with Crippen molar-refractivity contribution in [3.8, 4) is 0 Å². The molecular weight excluding hydrogens is 289 g/mol. The van der Waals surface area contributed by atoms with E-state index in [0.717, 1.165) is 13.0 Å². The number of anilines is 2. The Morgan fingerprint density at radius 3 is 2.90 bits per heavy atom. The smallest absolute Gasteiger partial charge is 0.238 e. The van der Waals surface area contributed by atoms with Gasteiger partial charge in [-0.3, -0.25) is 9.69 Å². The largest absolute Gasteiger partial charge is 0.396 e. The summed E-state index contributed by atoms with van der Waals surface area (Å²) in [6.45, 7) is 1.09. The molecule has 0 unspecified atom stereocenters. The second-order valence-electron chi connectivity index (χ2n) is 4.85. The molecule has 1 heterocycles. The molecule has 0 aliphatic carbocycles. The highest BCUT2D eigenvalue weighted by Gasteiger charge is 2.08. The lowest BCUT2D eigenvalue weighted by atomic mass is 10.2. The standard InChI is InChI=1S/C15H18FN3OS/c1-19(7-6-12-3-2-8-21-12)10-15(20)18-11-4-5-13(16)14(17)9-11/h2-5,8-9H,6-7,10,17H2,1H3,(H,18,20). The molecule has 4 nitrogen and oxygen atoms in total. The topological polar surface area (TPSA) is 58.4 Å². The number of carbonyl (C=O) groups excluding carboxylic acids is 1. The number of rotatable bonds is 6. The van der Waals surface area contributed by atoms with E-state index in [2.05, 4.69) is 11.4 Å². The maximum atomic E-state index is 13.0. The third kappa shape index (κ3) is 4.84. The van der Waals surface area contributed by atoms with Gasteiger partial charge in [0.1, 0.15) is 5.82 Å². The number of likely N-dealkylation sites (N-methyl/N-ethyl adjacent to an activating group) is 1. The number of halogens is 1. The average molecular weight is 307 g/mol. The van der Waals surface area contributed by atoms with Gasteiger partial charge in [-0.15, -0.1) is 11.3 Å². The Hall–Kier alpha value is -1.92. The van der Waals surface area contributed by atoms with Crippen LogP contribution in [0.2, 0.25) is 0 Å². The molecule has 1 amide bonds. The Morgan fingerprint density at radius 1 is 1.43 bits per heavy atom. The zero-order valence-corrected chi connectivity index (χ0v) is 12.6. The van der Waals surface area contributed by atoms with Crippen LogP contribution in [0.4, 0.5) is 15.8 Å². The summed E-state index contributed by atoms with van der Waals surface area (Å²) >= 11 is 1.71. The van der Waals surface area contributed by atoms with Crippen molar-refractivity contribution in [3.63, 3.8) is 0 Å². The van der Waals surface area contributed by atoms with Gasteiger partial charge in [0.25, 0.3) is 0 Å². The zero-order valence-electron chi connectivity index (χ0n) is 11.8. The van der Waals surface area contributed by atoms with Crippen molar-refractivity contribution in [1.82, 2.24) is 4.90 Å². The number of hydrogen-bond acceptors (Lipinski definition) is 4. The number of thiophene rings is 1. The molecule has 0 atom stereocenters. The fourth-order valence-corrected chi connectivity index (χ4v) is 2.60. The Balaban J connectivity index is 1.79. The average Bonchev–Trinajstić information content (AvgIpc) is 2.94. The Bertz CT molecular complexity index is 601. The van der Waals surface area contributed by atoms with Gasteiger partial charge in [-0.1, -0.05) is 6.07 Å². The summed E-state index contributed by atoms with van der Waals surface area (Å²) in [5, 5.41) is 4.75. The van der Waals surface area contributed by atoms with Crippen molar-refractivity contribution in [2.45, 2.75) is 6.42 Å². The highest BCUT2D eigenvalue weighted by atomic mass is 32.1. The molecule has 3 N–H and O–H groups in total. The van der Waals surface area contributed by atoms with Crippen molar-refractivity contribution in [2.24, 2.45) is 0 Å². The lowest BCUT2D eigenvalue weighted by molar-refractivity contribution is -0.117. The Labute approximate surface area is 127 Å². The number of amides is 1. The van der Waals surface area contributed by atoms with Crippen LogP contribution in [-0.4, -0.2) is 30.9 Å². The van der Waals surface area contributed by atoms with Crippen molar-refractivity contribution in [2.75, 3.05) is 31.2 Å². The van der Waals surface area contributed by atoms with E-state index in [1.165, 1.54) is 23.1 Å². The molecule has 0 fully saturated rings. The number of nitrogens with zero attached hydrogens (tertiary/aromatic N) is 1. The third-order valence-corrected chi connectivity index (χ3v) is 3.95. The molecule has 21 heavy (non-hydrogen) atoms. The minimum atomic E-state index is -0.485. The van der Waals surface area contributed by atoms with Crippen molar-refractivity contribution in [3.05, 3.63) is 46.4 Å². The predicted octanol–water partition coefficient (Wildman–Crippen LogP) is 2.58. The molecule has 112 valence electrons. The fourth-order valence-electron chi connectivity index (χ4n) is 1.90. The van der Waals surface area contributed by atoms with E-state index in [0.29, 0.717) is 5.69 Å². The summed E-state index contributed by atoms with van der Waals surface area (Å²) in [6.07, 6.45) is 0.922. The SMILES string of the molecule is CN(CCc1cccs1)CC(=O)Nc1ccc(F)c(N)c1. The molecule has 1 aromatic heterocycles. The molecule has 0 aliphatic heterocycles. The molecule has 2 aromatic rings. The molecule has 0 bridgehead atoms. The number of hydrogen-bond donors (Lipinski definition) is 2. The molecule has 0 spiro atoms. The first-order chi connectivity index (χ1) is 10.0. The molecule has 0 saturated carbocycles.